The minimum Gasteiger partial charge on any atom is -0.491 e. The van der Waals surface area contributed by atoms with E-state index in [-0.39, 0.29) is 11.2 Å². The SMILES string of the molecule is Cc1ccc(OCC2(CS(N)(=O)=O)CCCCC2)c(Cl)c1. The summed E-state index contributed by atoms with van der Waals surface area (Å²) in [5.41, 5.74) is 0.671. The molecule has 1 saturated carbocycles. The molecule has 0 aromatic heterocycles. The van der Waals surface area contributed by atoms with Gasteiger partial charge in [0.2, 0.25) is 10.0 Å². The number of aryl methyl sites for hydroxylation is 1. The van der Waals surface area contributed by atoms with E-state index in [0.717, 1.165) is 37.7 Å². The largest absolute Gasteiger partial charge is 0.491 e. The fraction of sp³-hybridized carbons (Fsp3) is 0.600. The molecule has 0 spiro atoms. The molecule has 6 heteroatoms. The Balaban J connectivity index is 2.12. The number of sulfonamides is 1. The third-order valence-corrected chi connectivity index (χ3v) is 5.35. The summed E-state index contributed by atoms with van der Waals surface area (Å²) in [7, 11) is -3.52. The van der Waals surface area contributed by atoms with Crippen LogP contribution in [0.5, 0.6) is 5.75 Å². The van der Waals surface area contributed by atoms with Crippen LogP contribution in [0.25, 0.3) is 0 Å². The number of nitrogens with two attached hydrogens (primary N) is 1. The van der Waals surface area contributed by atoms with Gasteiger partial charge in [0.1, 0.15) is 5.75 Å². The van der Waals surface area contributed by atoms with Crippen LogP contribution in [0.3, 0.4) is 0 Å². The lowest BCUT2D eigenvalue weighted by molar-refractivity contribution is 0.119. The third kappa shape index (κ3) is 4.87. The fourth-order valence-corrected chi connectivity index (χ4v) is 4.53. The predicted molar refractivity (Wildman–Crippen MR) is 85.2 cm³/mol. The molecule has 0 saturated heterocycles. The monoisotopic (exact) mass is 331 g/mol. The summed E-state index contributed by atoms with van der Waals surface area (Å²) in [5, 5.41) is 5.81. The number of primary sulfonamides is 1. The summed E-state index contributed by atoms with van der Waals surface area (Å²) in [6.45, 7) is 2.30. The van der Waals surface area contributed by atoms with E-state index in [2.05, 4.69) is 0 Å². The second-order valence-corrected chi connectivity index (χ2v) is 8.11. The Hall–Kier alpha value is -0.780. The van der Waals surface area contributed by atoms with Crippen LogP contribution in [0.2, 0.25) is 5.02 Å². The van der Waals surface area contributed by atoms with Gasteiger partial charge in [-0.3, -0.25) is 0 Å². The van der Waals surface area contributed by atoms with Crippen LogP contribution >= 0.6 is 11.6 Å². The molecule has 4 nitrogen and oxygen atoms in total. The summed E-state index contributed by atoms with van der Waals surface area (Å²) in [5.74, 6) is 0.574. The first-order valence-electron chi connectivity index (χ1n) is 7.19. The Bertz CT molecular complexity index is 595. The van der Waals surface area contributed by atoms with E-state index in [1.807, 2.05) is 25.1 Å². The van der Waals surface area contributed by atoms with Crippen molar-refractivity contribution >= 4 is 21.6 Å². The van der Waals surface area contributed by atoms with Crippen molar-refractivity contribution in [3.63, 3.8) is 0 Å². The van der Waals surface area contributed by atoms with Crippen molar-refractivity contribution in [2.45, 2.75) is 39.0 Å². The molecule has 21 heavy (non-hydrogen) atoms. The molecule has 2 N–H and O–H groups in total. The molecule has 0 bridgehead atoms. The predicted octanol–water partition coefficient (Wildman–Crippen LogP) is 3.27. The van der Waals surface area contributed by atoms with Crippen LogP contribution in [0.4, 0.5) is 0 Å². The highest BCUT2D eigenvalue weighted by molar-refractivity contribution is 7.89. The molecule has 118 valence electrons. The highest BCUT2D eigenvalue weighted by Gasteiger charge is 2.36. The smallest absolute Gasteiger partial charge is 0.209 e. The van der Waals surface area contributed by atoms with Gasteiger partial charge in [-0.25, -0.2) is 13.6 Å². The van der Waals surface area contributed by atoms with E-state index in [0.29, 0.717) is 17.4 Å². The van der Waals surface area contributed by atoms with Gasteiger partial charge < -0.3 is 4.74 Å². The minimum atomic E-state index is -3.52. The molecular formula is C15H22ClNO3S. The number of hydrogen-bond donors (Lipinski definition) is 1. The number of rotatable bonds is 5. The van der Waals surface area contributed by atoms with Crippen molar-refractivity contribution in [3.8, 4) is 5.75 Å². The first-order chi connectivity index (χ1) is 9.80. The standard InChI is InChI=1S/C15H22ClNO3S/c1-12-5-6-14(13(16)9-12)20-10-15(11-21(17,18)19)7-3-2-4-8-15/h5-6,9H,2-4,7-8,10-11H2,1H3,(H2,17,18,19). The van der Waals surface area contributed by atoms with Gasteiger partial charge in [0, 0.05) is 5.41 Å². The number of hydrogen-bond acceptors (Lipinski definition) is 3. The molecule has 2 rings (SSSR count). The third-order valence-electron chi connectivity index (χ3n) is 4.04. The summed E-state index contributed by atoms with van der Waals surface area (Å²) in [6, 6.07) is 5.59. The number of halogens is 1. The zero-order valence-electron chi connectivity index (χ0n) is 12.3. The van der Waals surface area contributed by atoms with Gasteiger partial charge in [0.25, 0.3) is 0 Å². The van der Waals surface area contributed by atoms with Crippen LogP contribution < -0.4 is 9.88 Å². The molecule has 0 unspecified atom stereocenters. The Kier molecular flexibility index (Phi) is 5.17. The number of benzene rings is 1. The lowest BCUT2D eigenvalue weighted by Crippen LogP contribution is -2.40. The van der Waals surface area contributed by atoms with Crippen LogP contribution in [-0.2, 0) is 10.0 Å². The maximum atomic E-state index is 11.5. The Morgan fingerprint density at radius 1 is 1.29 bits per heavy atom. The first kappa shape index (κ1) is 16.6. The zero-order chi connectivity index (χ0) is 15.5. The Labute approximate surface area is 131 Å². The van der Waals surface area contributed by atoms with E-state index in [4.69, 9.17) is 21.5 Å². The first-order valence-corrected chi connectivity index (χ1v) is 9.29. The normalized spacial score (nSPS) is 18.4. The topological polar surface area (TPSA) is 69.4 Å². The maximum Gasteiger partial charge on any atom is 0.209 e. The minimum absolute atomic E-state index is 0.0243. The van der Waals surface area contributed by atoms with Gasteiger partial charge in [0.05, 0.1) is 17.4 Å². The molecule has 1 aromatic rings. The fourth-order valence-electron chi connectivity index (χ4n) is 3.01. The van der Waals surface area contributed by atoms with Crippen molar-refractivity contribution in [1.82, 2.24) is 0 Å². The molecule has 1 aliphatic rings. The molecule has 0 atom stereocenters. The van der Waals surface area contributed by atoms with Gasteiger partial charge >= 0.3 is 0 Å². The van der Waals surface area contributed by atoms with Crippen LogP contribution in [0, 0.1) is 12.3 Å². The van der Waals surface area contributed by atoms with E-state index in [1.54, 1.807) is 0 Å². The molecule has 1 aliphatic carbocycles. The second-order valence-electron chi connectivity index (χ2n) is 6.09. The van der Waals surface area contributed by atoms with Crippen LogP contribution in [0.15, 0.2) is 18.2 Å². The van der Waals surface area contributed by atoms with Crippen molar-refractivity contribution in [2.24, 2.45) is 10.6 Å². The molecule has 0 radical (unpaired) electrons. The Morgan fingerprint density at radius 2 is 1.95 bits per heavy atom. The molecule has 1 fully saturated rings. The molecule has 1 aromatic carbocycles. The van der Waals surface area contributed by atoms with Gasteiger partial charge in [-0.1, -0.05) is 36.9 Å². The van der Waals surface area contributed by atoms with Gasteiger partial charge in [-0.2, -0.15) is 0 Å². The zero-order valence-corrected chi connectivity index (χ0v) is 13.8. The highest BCUT2D eigenvalue weighted by atomic mass is 35.5. The van der Waals surface area contributed by atoms with Crippen molar-refractivity contribution in [2.75, 3.05) is 12.4 Å². The van der Waals surface area contributed by atoms with Gasteiger partial charge in [-0.05, 0) is 37.5 Å². The van der Waals surface area contributed by atoms with Crippen molar-refractivity contribution < 1.29 is 13.2 Å². The van der Waals surface area contributed by atoms with Gasteiger partial charge in [-0.15, -0.1) is 0 Å². The van der Waals surface area contributed by atoms with Crippen molar-refractivity contribution in [1.29, 1.82) is 0 Å². The van der Waals surface area contributed by atoms with Crippen LogP contribution in [0.1, 0.15) is 37.7 Å². The van der Waals surface area contributed by atoms with Crippen molar-refractivity contribution in [3.05, 3.63) is 28.8 Å². The molecule has 0 aliphatic heterocycles. The van der Waals surface area contributed by atoms with E-state index >= 15 is 0 Å². The lowest BCUT2D eigenvalue weighted by atomic mass is 9.76. The average molecular weight is 332 g/mol. The quantitative estimate of drug-likeness (QED) is 0.900. The Morgan fingerprint density at radius 3 is 2.52 bits per heavy atom. The molecule has 0 heterocycles. The van der Waals surface area contributed by atoms with E-state index < -0.39 is 10.0 Å². The summed E-state index contributed by atoms with van der Waals surface area (Å²) in [4.78, 5) is 0. The summed E-state index contributed by atoms with van der Waals surface area (Å²) in [6.07, 6.45) is 4.82. The molecular weight excluding hydrogens is 310 g/mol. The van der Waals surface area contributed by atoms with Crippen LogP contribution in [-0.4, -0.2) is 20.8 Å². The van der Waals surface area contributed by atoms with E-state index in [9.17, 15) is 8.42 Å². The lowest BCUT2D eigenvalue weighted by Gasteiger charge is -2.36. The summed E-state index contributed by atoms with van der Waals surface area (Å²) < 4.78 is 28.9. The maximum absolute atomic E-state index is 11.5. The highest BCUT2D eigenvalue weighted by Crippen LogP contribution is 2.38. The summed E-state index contributed by atoms with van der Waals surface area (Å²) >= 11 is 6.16. The van der Waals surface area contributed by atoms with Gasteiger partial charge in [0.15, 0.2) is 0 Å². The van der Waals surface area contributed by atoms with E-state index in [1.165, 1.54) is 0 Å². The second kappa shape index (κ2) is 6.55. The molecule has 0 amide bonds. The number of ether oxygens (including phenoxy) is 1. The average Bonchev–Trinajstić information content (AvgIpc) is 2.37.